The summed E-state index contributed by atoms with van der Waals surface area (Å²) >= 11 is 1.55. The number of rotatable bonds is 8. The number of carbonyl (C=O) groups is 1. The highest BCUT2D eigenvalue weighted by atomic mass is 32.1. The number of nitrogens with zero attached hydrogens (tertiary/aromatic N) is 5. The zero-order valence-corrected chi connectivity index (χ0v) is 21.6. The molecule has 0 bridgehead atoms. The molecule has 0 saturated carbocycles. The number of fused-ring (bicyclic) bond motifs is 2. The predicted octanol–water partition coefficient (Wildman–Crippen LogP) is 3.35. The van der Waals surface area contributed by atoms with Crippen molar-refractivity contribution in [1.29, 1.82) is 0 Å². The van der Waals surface area contributed by atoms with E-state index in [4.69, 9.17) is 9.47 Å². The van der Waals surface area contributed by atoms with E-state index in [0.717, 1.165) is 27.9 Å². The number of carbonyl (C=O) groups excluding carboxylic acids is 1. The quantitative estimate of drug-likeness (QED) is 0.494. The van der Waals surface area contributed by atoms with E-state index in [1.54, 1.807) is 23.5 Å². The highest BCUT2D eigenvalue weighted by Gasteiger charge is 2.49. The molecule has 1 fully saturated rings. The summed E-state index contributed by atoms with van der Waals surface area (Å²) in [5, 5.41) is 4.79. The Balaban J connectivity index is 1.36. The number of aryl methyl sites for hydroxylation is 1. The van der Waals surface area contributed by atoms with Crippen molar-refractivity contribution in [3.8, 4) is 6.01 Å². The van der Waals surface area contributed by atoms with Crippen LogP contribution in [0.15, 0.2) is 35.2 Å². The molecular formula is C24H27F3N6O4S. The Morgan fingerprint density at radius 2 is 2.13 bits per heavy atom. The monoisotopic (exact) mass is 552 g/mol. The molecule has 4 heterocycles. The average Bonchev–Trinajstić information content (AvgIpc) is 3.51. The first kappa shape index (κ1) is 26.2. The fourth-order valence-electron chi connectivity index (χ4n) is 4.43. The number of thiophene rings is 1. The number of alkyl halides is 3. The van der Waals surface area contributed by atoms with Crippen molar-refractivity contribution in [2.24, 2.45) is 5.10 Å². The number of piperazine rings is 1. The summed E-state index contributed by atoms with van der Waals surface area (Å²) in [6.45, 7) is 2.60. The first-order valence-corrected chi connectivity index (χ1v) is 13.0. The zero-order chi connectivity index (χ0) is 26.9. The van der Waals surface area contributed by atoms with Gasteiger partial charge in [-0.3, -0.25) is 5.43 Å². The van der Waals surface area contributed by atoms with Crippen LogP contribution < -0.4 is 15.1 Å². The van der Waals surface area contributed by atoms with E-state index in [0.29, 0.717) is 30.4 Å². The number of aromatic nitrogens is 2. The Bertz CT molecular complexity index is 1290. The first-order valence-electron chi connectivity index (χ1n) is 12.2. The van der Waals surface area contributed by atoms with Gasteiger partial charge < -0.3 is 24.0 Å². The van der Waals surface area contributed by atoms with Gasteiger partial charge in [0.2, 0.25) is 6.17 Å². The Morgan fingerprint density at radius 3 is 2.84 bits per heavy atom. The summed E-state index contributed by atoms with van der Waals surface area (Å²) in [7, 11) is 1.30. The van der Waals surface area contributed by atoms with Crippen molar-refractivity contribution in [3.63, 3.8) is 0 Å². The summed E-state index contributed by atoms with van der Waals surface area (Å²) in [6, 6.07) is 2.19. The van der Waals surface area contributed by atoms with Gasteiger partial charge in [-0.1, -0.05) is 19.4 Å². The first-order chi connectivity index (χ1) is 18.2. The second-order valence-electron chi connectivity index (χ2n) is 8.96. The van der Waals surface area contributed by atoms with Crippen molar-refractivity contribution in [3.05, 3.63) is 34.9 Å². The maximum atomic E-state index is 13.4. The lowest BCUT2D eigenvalue weighted by atomic mass is 10.1. The standard InChI is InChI=1S/C24H27F3N6O4S/c1-3-4-16-11-17-20(32-9-10-33-18(12-32)30-31-22(33)24(25,26)27)28-23(29-21(17)38-16)37-15-7-5-14(6-8-15)36-13-19(34)35-2/h5,7-8,11,14,22,31H,3-4,6,9-10,12-13H2,1-2H3. The van der Waals surface area contributed by atoms with Gasteiger partial charge in [0.05, 0.1) is 25.1 Å². The minimum absolute atomic E-state index is 0.143. The molecule has 204 valence electrons. The number of anilines is 1. The molecular weight excluding hydrogens is 525 g/mol. The van der Waals surface area contributed by atoms with Gasteiger partial charge >= 0.3 is 18.2 Å². The summed E-state index contributed by atoms with van der Waals surface area (Å²) in [5.74, 6) is 0.987. The van der Waals surface area contributed by atoms with E-state index in [1.807, 2.05) is 17.0 Å². The molecule has 3 aliphatic rings. The molecule has 2 unspecified atom stereocenters. The van der Waals surface area contributed by atoms with Crippen LogP contribution in [0.1, 0.15) is 24.6 Å². The van der Waals surface area contributed by atoms with E-state index in [9.17, 15) is 18.0 Å². The number of methoxy groups -OCH3 is 1. The third-order valence-electron chi connectivity index (χ3n) is 6.29. The van der Waals surface area contributed by atoms with Gasteiger partial charge in [0.25, 0.3) is 0 Å². The third kappa shape index (κ3) is 5.55. The Hall–Kier alpha value is -3.39. The van der Waals surface area contributed by atoms with Gasteiger partial charge in [0, 0.05) is 18.0 Å². The highest BCUT2D eigenvalue weighted by molar-refractivity contribution is 7.18. The smallest absolute Gasteiger partial charge is 0.428 e. The van der Waals surface area contributed by atoms with Gasteiger partial charge in [-0.25, -0.2) is 4.79 Å². The third-order valence-corrected chi connectivity index (χ3v) is 7.38. The molecule has 0 aromatic carbocycles. The van der Waals surface area contributed by atoms with E-state index in [2.05, 4.69) is 32.2 Å². The van der Waals surface area contributed by atoms with Crippen LogP contribution in [0.3, 0.4) is 0 Å². The fraction of sp³-hybridized carbons (Fsp3) is 0.500. The van der Waals surface area contributed by atoms with Gasteiger partial charge in [-0.2, -0.15) is 28.2 Å². The van der Waals surface area contributed by atoms with E-state index in [1.165, 1.54) is 12.0 Å². The second-order valence-corrected chi connectivity index (χ2v) is 10.1. The highest BCUT2D eigenvalue weighted by Crippen LogP contribution is 2.35. The van der Waals surface area contributed by atoms with Crippen LogP contribution >= 0.6 is 11.3 Å². The fourth-order valence-corrected chi connectivity index (χ4v) is 5.54. The normalized spacial score (nSPS) is 21.2. The largest absolute Gasteiger partial charge is 0.467 e. The number of allylic oxidation sites excluding steroid dienone is 1. The number of halogens is 3. The molecule has 0 amide bonds. The van der Waals surface area contributed by atoms with Crippen molar-refractivity contribution in [1.82, 2.24) is 20.3 Å². The van der Waals surface area contributed by atoms with Crippen molar-refractivity contribution >= 4 is 39.2 Å². The number of ether oxygens (including phenoxy) is 3. The van der Waals surface area contributed by atoms with Gasteiger partial charge in [0.15, 0.2) is 0 Å². The van der Waals surface area contributed by atoms with Crippen LogP contribution in [0, 0.1) is 0 Å². The summed E-state index contributed by atoms with van der Waals surface area (Å²) < 4.78 is 56.2. The van der Waals surface area contributed by atoms with Crippen LogP contribution in [0.4, 0.5) is 19.0 Å². The van der Waals surface area contributed by atoms with Gasteiger partial charge in [-0.15, -0.1) is 11.3 Å². The molecule has 1 saturated heterocycles. The summed E-state index contributed by atoms with van der Waals surface area (Å²) in [6.07, 6.45) is 1.15. The van der Waals surface area contributed by atoms with Crippen molar-refractivity contribution in [2.75, 3.05) is 38.3 Å². The number of hydrogen-bond acceptors (Lipinski definition) is 11. The van der Waals surface area contributed by atoms with Crippen LogP contribution in [-0.4, -0.2) is 78.5 Å². The lowest BCUT2D eigenvalue weighted by Crippen LogP contribution is -2.57. The average molecular weight is 553 g/mol. The number of hydrogen-bond donors (Lipinski definition) is 1. The maximum Gasteiger partial charge on any atom is 0.428 e. The molecule has 5 rings (SSSR count). The van der Waals surface area contributed by atoms with E-state index < -0.39 is 18.3 Å². The molecule has 0 radical (unpaired) electrons. The molecule has 14 heteroatoms. The number of hydrazone groups is 1. The topological polar surface area (TPSA) is 101 Å². The van der Waals surface area contributed by atoms with Crippen molar-refractivity contribution in [2.45, 2.75) is 44.6 Å². The minimum Gasteiger partial charge on any atom is -0.467 e. The number of amidine groups is 1. The molecule has 10 nitrogen and oxygen atoms in total. The molecule has 2 aromatic rings. The van der Waals surface area contributed by atoms with E-state index >= 15 is 0 Å². The Labute approximate surface area is 220 Å². The summed E-state index contributed by atoms with van der Waals surface area (Å²) in [5.41, 5.74) is 2.21. The molecule has 2 atom stereocenters. The van der Waals surface area contributed by atoms with Gasteiger partial charge in [0.1, 0.15) is 28.8 Å². The Kier molecular flexibility index (Phi) is 7.43. The van der Waals surface area contributed by atoms with Gasteiger partial charge in [-0.05, 0) is 31.1 Å². The SMILES string of the molecule is CCCc1cc2c(N3CCN4C(=NNC4C(F)(F)F)C3)nc(OC3=CCC(OCC(=O)OC)C=C3)nc2s1. The lowest BCUT2D eigenvalue weighted by Gasteiger charge is -2.37. The van der Waals surface area contributed by atoms with Crippen LogP contribution in [-0.2, 0) is 20.7 Å². The molecule has 1 aliphatic carbocycles. The van der Waals surface area contributed by atoms with E-state index in [-0.39, 0.29) is 31.8 Å². The molecule has 2 aromatic heterocycles. The van der Waals surface area contributed by atoms with Crippen molar-refractivity contribution < 1.29 is 32.2 Å². The summed E-state index contributed by atoms with van der Waals surface area (Å²) in [4.78, 5) is 25.7. The molecule has 1 N–H and O–H groups in total. The minimum atomic E-state index is -4.43. The number of esters is 1. The molecule has 2 aliphatic heterocycles. The number of nitrogens with one attached hydrogen (secondary N) is 1. The Morgan fingerprint density at radius 1 is 1.29 bits per heavy atom. The van der Waals surface area contributed by atoms with Crippen LogP contribution in [0.25, 0.3) is 10.2 Å². The second kappa shape index (κ2) is 10.8. The zero-order valence-electron chi connectivity index (χ0n) is 20.8. The lowest BCUT2D eigenvalue weighted by molar-refractivity contribution is -0.178. The molecule has 0 spiro atoms. The van der Waals surface area contributed by atoms with Crippen LogP contribution in [0.2, 0.25) is 0 Å². The molecule has 38 heavy (non-hydrogen) atoms. The maximum absolute atomic E-state index is 13.4. The predicted molar refractivity (Wildman–Crippen MR) is 135 cm³/mol. The van der Waals surface area contributed by atoms with Crippen LogP contribution in [0.5, 0.6) is 6.01 Å².